The Hall–Kier alpha value is 0.1000. The van der Waals surface area contributed by atoms with Crippen molar-refractivity contribution in [3.8, 4) is 0 Å². The summed E-state index contributed by atoms with van der Waals surface area (Å²) in [7, 11) is 0. The summed E-state index contributed by atoms with van der Waals surface area (Å²) in [6, 6.07) is 6.19. The van der Waals surface area contributed by atoms with Crippen LogP contribution in [0.4, 0.5) is 0 Å². The molecule has 0 saturated carbocycles. The Bertz CT molecular complexity index is 323. The summed E-state index contributed by atoms with van der Waals surface area (Å²) in [5, 5.41) is 0.812. The molecular formula is C10H10BrIO. The Labute approximate surface area is 100 Å². The number of Topliss-reactive ketones (excluding diaryl/α,β-unsaturated/α-hetero) is 1. The van der Waals surface area contributed by atoms with Gasteiger partial charge in [0.1, 0.15) is 5.78 Å². The molecule has 1 nitrogen and oxygen atoms in total. The zero-order chi connectivity index (χ0) is 9.84. The predicted molar refractivity (Wildman–Crippen MR) is 66.2 cm³/mol. The largest absolute Gasteiger partial charge is 0.300 e. The van der Waals surface area contributed by atoms with E-state index in [0.29, 0.717) is 6.42 Å². The lowest BCUT2D eigenvalue weighted by Crippen LogP contribution is -2.00. The molecule has 0 fully saturated rings. The lowest BCUT2D eigenvalue weighted by atomic mass is 10.0. The van der Waals surface area contributed by atoms with Crippen LogP contribution >= 0.6 is 38.5 Å². The van der Waals surface area contributed by atoms with Crippen LogP contribution in [0.2, 0.25) is 0 Å². The van der Waals surface area contributed by atoms with Gasteiger partial charge in [-0.3, -0.25) is 4.79 Å². The van der Waals surface area contributed by atoms with Gasteiger partial charge in [-0.15, -0.1) is 0 Å². The summed E-state index contributed by atoms with van der Waals surface area (Å²) in [5.41, 5.74) is 2.34. The SMILES string of the molecule is CC(=O)Cc1cc(I)ccc1CBr. The van der Waals surface area contributed by atoms with E-state index < -0.39 is 0 Å². The van der Waals surface area contributed by atoms with Gasteiger partial charge in [0.05, 0.1) is 0 Å². The third kappa shape index (κ3) is 3.38. The maximum atomic E-state index is 11.0. The average Bonchev–Trinajstić information content (AvgIpc) is 2.03. The molecule has 3 heteroatoms. The number of ketones is 1. The van der Waals surface area contributed by atoms with E-state index in [4.69, 9.17) is 0 Å². The molecule has 0 N–H and O–H groups in total. The highest BCUT2D eigenvalue weighted by atomic mass is 127. The van der Waals surface area contributed by atoms with Crippen LogP contribution < -0.4 is 0 Å². The predicted octanol–water partition coefficient (Wildman–Crippen LogP) is 3.32. The second kappa shape index (κ2) is 5.10. The summed E-state index contributed by atoms with van der Waals surface area (Å²) in [6.45, 7) is 1.62. The fourth-order valence-corrected chi connectivity index (χ4v) is 2.26. The van der Waals surface area contributed by atoms with E-state index in [9.17, 15) is 4.79 Å². The van der Waals surface area contributed by atoms with Gasteiger partial charge in [0.25, 0.3) is 0 Å². The summed E-state index contributed by atoms with van der Waals surface area (Å²) in [5.74, 6) is 0.212. The topological polar surface area (TPSA) is 17.1 Å². The monoisotopic (exact) mass is 352 g/mol. The van der Waals surface area contributed by atoms with Crippen molar-refractivity contribution in [2.75, 3.05) is 0 Å². The second-order valence-corrected chi connectivity index (χ2v) is 4.73. The lowest BCUT2D eigenvalue weighted by molar-refractivity contribution is -0.116. The van der Waals surface area contributed by atoms with Gasteiger partial charge in [-0.2, -0.15) is 0 Å². The van der Waals surface area contributed by atoms with Crippen LogP contribution in [0.15, 0.2) is 18.2 Å². The van der Waals surface area contributed by atoms with Crippen molar-refractivity contribution in [2.45, 2.75) is 18.7 Å². The third-order valence-corrected chi connectivity index (χ3v) is 3.03. The van der Waals surface area contributed by atoms with E-state index in [1.165, 1.54) is 9.13 Å². The Balaban J connectivity index is 3.01. The van der Waals surface area contributed by atoms with Gasteiger partial charge >= 0.3 is 0 Å². The Kier molecular flexibility index (Phi) is 4.38. The molecule has 70 valence electrons. The molecule has 1 aromatic rings. The molecule has 1 aromatic carbocycles. The van der Waals surface area contributed by atoms with Gasteiger partial charge in [0.15, 0.2) is 0 Å². The van der Waals surface area contributed by atoms with Gasteiger partial charge in [-0.05, 0) is 52.8 Å². The standard InChI is InChI=1S/C10H10BrIO/c1-7(13)4-9-5-10(12)3-2-8(9)6-11/h2-3,5H,4,6H2,1H3. The van der Waals surface area contributed by atoms with Crippen LogP contribution in [0.1, 0.15) is 18.1 Å². The molecule has 0 amide bonds. The summed E-state index contributed by atoms with van der Waals surface area (Å²) < 4.78 is 1.18. The molecule has 0 aliphatic carbocycles. The number of hydrogen-bond donors (Lipinski definition) is 0. The molecule has 0 saturated heterocycles. The molecule has 0 atom stereocenters. The highest BCUT2D eigenvalue weighted by molar-refractivity contribution is 14.1. The summed E-state index contributed by atoms with van der Waals surface area (Å²) >= 11 is 5.67. The number of hydrogen-bond acceptors (Lipinski definition) is 1. The van der Waals surface area contributed by atoms with Gasteiger partial charge in [-0.25, -0.2) is 0 Å². The first-order valence-electron chi connectivity index (χ1n) is 3.96. The van der Waals surface area contributed by atoms with Gasteiger partial charge in [0.2, 0.25) is 0 Å². The molecule has 0 spiro atoms. The van der Waals surface area contributed by atoms with Gasteiger partial charge in [0, 0.05) is 15.3 Å². The van der Waals surface area contributed by atoms with Crippen molar-refractivity contribution in [2.24, 2.45) is 0 Å². The smallest absolute Gasteiger partial charge is 0.134 e. The molecule has 0 aromatic heterocycles. The second-order valence-electron chi connectivity index (χ2n) is 2.93. The lowest BCUT2D eigenvalue weighted by Gasteiger charge is -2.05. The Morgan fingerprint density at radius 2 is 2.15 bits per heavy atom. The number of carbonyl (C=O) groups is 1. The number of rotatable bonds is 3. The van der Waals surface area contributed by atoms with Crippen LogP contribution in [0.25, 0.3) is 0 Å². The Morgan fingerprint density at radius 3 is 2.69 bits per heavy atom. The fraction of sp³-hybridized carbons (Fsp3) is 0.300. The van der Waals surface area contributed by atoms with Crippen molar-refractivity contribution < 1.29 is 4.79 Å². The minimum absolute atomic E-state index is 0.212. The van der Waals surface area contributed by atoms with Crippen LogP contribution in [0, 0.1) is 3.57 Å². The van der Waals surface area contributed by atoms with Crippen molar-refractivity contribution in [1.29, 1.82) is 0 Å². The fourth-order valence-electron chi connectivity index (χ4n) is 1.16. The van der Waals surface area contributed by atoms with Crippen molar-refractivity contribution >= 4 is 44.3 Å². The molecule has 0 aliphatic heterocycles. The first-order chi connectivity index (χ1) is 6.13. The van der Waals surface area contributed by atoms with Crippen LogP contribution in [-0.2, 0) is 16.5 Å². The van der Waals surface area contributed by atoms with Crippen LogP contribution in [0.3, 0.4) is 0 Å². The molecule has 0 heterocycles. The number of benzene rings is 1. The van der Waals surface area contributed by atoms with E-state index in [-0.39, 0.29) is 5.78 Å². The van der Waals surface area contributed by atoms with Crippen LogP contribution in [-0.4, -0.2) is 5.78 Å². The maximum absolute atomic E-state index is 11.0. The molecule has 0 aliphatic rings. The minimum atomic E-state index is 0.212. The third-order valence-electron chi connectivity index (χ3n) is 1.75. The first kappa shape index (κ1) is 11.2. The zero-order valence-corrected chi connectivity index (χ0v) is 11.1. The number of halogens is 2. The van der Waals surface area contributed by atoms with E-state index in [1.54, 1.807) is 6.92 Å². The normalized spacial score (nSPS) is 10.1. The van der Waals surface area contributed by atoms with Crippen molar-refractivity contribution in [1.82, 2.24) is 0 Å². The number of carbonyl (C=O) groups excluding carboxylic acids is 1. The van der Waals surface area contributed by atoms with Gasteiger partial charge < -0.3 is 0 Å². The van der Waals surface area contributed by atoms with E-state index in [0.717, 1.165) is 10.9 Å². The molecule has 0 radical (unpaired) electrons. The Morgan fingerprint density at radius 1 is 1.46 bits per heavy atom. The highest BCUT2D eigenvalue weighted by Crippen LogP contribution is 2.17. The average molecular weight is 353 g/mol. The van der Waals surface area contributed by atoms with Crippen LogP contribution in [0.5, 0.6) is 0 Å². The summed E-state index contributed by atoms with van der Waals surface area (Å²) in [4.78, 5) is 11.0. The molecule has 13 heavy (non-hydrogen) atoms. The van der Waals surface area contributed by atoms with E-state index in [2.05, 4.69) is 56.7 Å². The highest BCUT2D eigenvalue weighted by Gasteiger charge is 2.04. The zero-order valence-electron chi connectivity index (χ0n) is 7.31. The first-order valence-corrected chi connectivity index (χ1v) is 6.16. The maximum Gasteiger partial charge on any atom is 0.134 e. The molecule has 1 rings (SSSR count). The van der Waals surface area contributed by atoms with Crippen molar-refractivity contribution in [3.63, 3.8) is 0 Å². The molecular weight excluding hydrogens is 343 g/mol. The quantitative estimate of drug-likeness (QED) is 0.602. The van der Waals surface area contributed by atoms with Crippen molar-refractivity contribution in [3.05, 3.63) is 32.9 Å². The number of alkyl halides is 1. The molecule has 0 unspecified atom stereocenters. The molecule has 0 bridgehead atoms. The summed E-state index contributed by atoms with van der Waals surface area (Å²) in [6.07, 6.45) is 0.539. The van der Waals surface area contributed by atoms with E-state index >= 15 is 0 Å². The van der Waals surface area contributed by atoms with E-state index in [1.807, 2.05) is 0 Å². The minimum Gasteiger partial charge on any atom is -0.300 e. The van der Waals surface area contributed by atoms with Gasteiger partial charge in [-0.1, -0.05) is 22.0 Å².